The van der Waals surface area contributed by atoms with Crippen LogP contribution in [-0.4, -0.2) is 42.3 Å². The van der Waals surface area contributed by atoms with Gasteiger partial charge in [0.2, 0.25) is 17.7 Å². The van der Waals surface area contributed by atoms with Crippen LogP contribution in [0.4, 0.5) is 43.4 Å². The third kappa shape index (κ3) is 4.23. The Kier molecular flexibility index (Phi) is 4.91. The summed E-state index contributed by atoms with van der Waals surface area (Å²) in [5.41, 5.74) is -1.18. The number of benzene rings is 2. The summed E-state index contributed by atoms with van der Waals surface area (Å²) in [6, 6.07) is 7.21. The topological polar surface area (TPSA) is 73.1 Å². The molecular formula is C25H14F6N4O3. The van der Waals surface area contributed by atoms with Gasteiger partial charge in [-0.05, 0) is 36.4 Å². The maximum Gasteiger partial charge on any atom is 0.416 e. The highest BCUT2D eigenvalue weighted by Crippen LogP contribution is 2.47. The third-order valence-corrected chi connectivity index (χ3v) is 6.40. The molecule has 4 heterocycles. The number of pyridine rings is 1. The highest BCUT2D eigenvalue weighted by atomic mass is 19.4. The molecule has 0 bridgehead atoms. The average Bonchev–Trinajstić information content (AvgIpc) is 3.79. The van der Waals surface area contributed by atoms with Gasteiger partial charge in [0.1, 0.15) is 19.6 Å². The first-order valence-electron chi connectivity index (χ1n) is 11.2. The van der Waals surface area contributed by atoms with E-state index in [9.17, 15) is 40.7 Å². The average molecular weight is 532 g/mol. The monoisotopic (exact) mass is 532 g/mol. The predicted octanol–water partition coefficient (Wildman–Crippen LogP) is 4.49. The minimum atomic E-state index is -5.00. The number of hydrogen-bond acceptors (Lipinski definition) is 4. The molecule has 2 aromatic carbocycles. The lowest BCUT2D eigenvalue weighted by molar-refractivity contribution is -0.143. The van der Waals surface area contributed by atoms with Gasteiger partial charge in [-0.15, -0.1) is 0 Å². The fourth-order valence-corrected chi connectivity index (χ4v) is 4.24. The molecular weight excluding hydrogens is 518 g/mol. The van der Waals surface area contributed by atoms with E-state index in [0.29, 0.717) is 40.3 Å². The van der Waals surface area contributed by atoms with Gasteiger partial charge < -0.3 is 4.90 Å². The van der Waals surface area contributed by atoms with Gasteiger partial charge in [-0.1, -0.05) is 6.07 Å². The van der Waals surface area contributed by atoms with Gasteiger partial charge in [0, 0.05) is 22.9 Å². The van der Waals surface area contributed by atoms with Gasteiger partial charge in [-0.3, -0.25) is 29.2 Å². The number of alkyl halides is 6. The number of rotatable bonds is 5. The van der Waals surface area contributed by atoms with Crippen LogP contribution in [0.25, 0.3) is 22.4 Å². The number of halogens is 6. The van der Waals surface area contributed by atoms with Gasteiger partial charge in [0.25, 0.3) is 0 Å². The molecule has 13 heteroatoms. The number of amides is 3. The molecule has 6 rings (SSSR count). The van der Waals surface area contributed by atoms with Crippen LogP contribution in [0, 0.1) is 0 Å². The van der Waals surface area contributed by atoms with Crippen molar-refractivity contribution in [2.45, 2.75) is 12.4 Å². The Morgan fingerprint density at radius 3 is 1.50 bits per heavy atom. The number of aromatic nitrogens is 1. The lowest BCUT2D eigenvalue weighted by atomic mass is 10.00. The number of carbonyl (C=O) groups excluding carboxylic acids is 3. The summed E-state index contributed by atoms with van der Waals surface area (Å²) >= 11 is 0. The molecule has 3 fully saturated rings. The Morgan fingerprint density at radius 2 is 1.08 bits per heavy atom. The molecule has 7 nitrogen and oxygen atoms in total. The summed E-state index contributed by atoms with van der Waals surface area (Å²) in [5, 5.41) is 0. The molecule has 194 valence electrons. The van der Waals surface area contributed by atoms with Gasteiger partial charge in [-0.25, -0.2) is 0 Å². The first-order chi connectivity index (χ1) is 17.8. The van der Waals surface area contributed by atoms with Gasteiger partial charge in [0.15, 0.2) is 0 Å². The van der Waals surface area contributed by atoms with Gasteiger partial charge >= 0.3 is 12.4 Å². The molecule has 1 aromatic heterocycles. The lowest BCUT2D eigenvalue weighted by Gasteiger charge is -2.17. The van der Waals surface area contributed by atoms with Crippen molar-refractivity contribution in [3.05, 3.63) is 59.8 Å². The zero-order valence-electron chi connectivity index (χ0n) is 19.0. The largest absolute Gasteiger partial charge is 0.416 e. The molecule has 0 saturated carbocycles. The Balaban J connectivity index is 1.43. The molecule has 0 atom stereocenters. The maximum atomic E-state index is 13.3. The number of nitrogens with zero attached hydrogens (tertiary/aromatic N) is 4. The Bertz CT molecular complexity index is 1520. The second kappa shape index (κ2) is 7.79. The van der Waals surface area contributed by atoms with Crippen molar-refractivity contribution in [1.29, 1.82) is 0 Å². The van der Waals surface area contributed by atoms with E-state index < -0.39 is 23.5 Å². The first-order valence-corrected chi connectivity index (χ1v) is 11.2. The SMILES string of the molecule is O=C1CN1c1cc(N2CC2=O)c(N2CC2=O)cc1-c1ccc(-c2cc(C(F)(F)F)cc(C(F)(F)F)c2)nc1. The van der Waals surface area contributed by atoms with E-state index in [0.717, 1.165) is 0 Å². The van der Waals surface area contributed by atoms with Crippen LogP contribution in [-0.2, 0) is 26.7 Å². The quantitative estimate of drug-likeness (QED) is 0.359. The first kappa shape index (κ1) is 23.9. The molecule has 3 amide bonds. The Hall–Kier alpha value is -4.42. The van der Waals surface area contributed by atoms with Crippen LogP contribution in [0.1, 0.15) is 11.1 Å². The molecule has 38 heavy (non-hydrogen) atoms. The van der Waals surface area contributed by atoms with Crippen LogP contribution < -0.4 is 14.7 Å². The molecule has 3 saturated heterocycles. The van der Waals surface area contributed by atoms with Crippen LogP contribution in [0.5, 0.6) is 0 Å². The molecule has 3 aliphatic rings. The van der Waals surface area contributed by atoms with Gasteiger partial charge in [0.05, 0.1) is 33.9 Å². The molecule has 3 aromatic rings. The molecule has 0 aliphatic carbocycles. The van der Waals surface area contributed by atoms with E-state index in [4.69, 9.17) is 0 Å². The summed E-state index contributed by atoms with van der Waals surface area (Å²) in [5.74, 6) is -0.500. The van der Waals surface area contributed by atoms with Crippen molar-refractivity contribution in [2.75, 3.05) is 34.3 Å². The highest BCUT2D eigenvalue weighted by molar-refractivity contribution is 6.21. The van der Waals surface area contributed by atoms with Crippen LogP contribution in [0.2, 0.25) is 0 Å². The second-order valence-corrected chi connectivity index (χ2v) is 9.02. The van der Waals surface area contributed by atoms with Crippen LogP contribution in [0.3, 0.4) is 0 Å². The van der Waals surface area contributed by atoms with Gasteiger partial charge in [-0.2, -0.15) is 26.3 Å². The zero-order chi connectivity index (χ0) is 27.1. The lowest BCUT2D eigenvalue weighted by Crippen LogP contribution is -2.11. The fourth-order valence-electron chi connectivity index (χ4n) is 4.24. The highest BCUT2D eigenvalue weighted by Gasteiger charge is 2.43. The predicted molar refractivity (Wildman–Crippen MR) is 122 cm³/mol. The summed E-state index contributed by atoms with van der Waals surface area (Å²) in [7, 11) is 0. The van der Waals surface area contributed by atoms with Crippen LogP contribution in [0.15, 0.2) is 48.7 Å². The van der Waals surface area contributed by atoms with Crippen molar-refractivity contribution in [1.82, 2.24) is 4.98 Å². The smallest absolute Gasteiger partial charge is 0.301 e. The second-order valence-electron chi connectivity index (χ2n) is 9.02. The van der Waals surface area contributed by atoms with E-state index in [1.54, 1.807) is 12.1 Å². The van der Waals surface area contributed by atoms with Crippen molar-refractivity contribution >= 4 is 34.8 Å². The molecule has 0 unspecified atom stereocenters. The van der Waals surface area contributed by atoms with Crippen molar-refractivity contribution in [3.8, 4) is 22.4 Å². The summed E-state index contributed by atoms with van der Waals surface area (Å²) in [6.45, 7) is 0.429. The van der Waals surface area contributed by atoms with Crippen molar-refractivity contribution < 1.29 is 40.7 Å². The minimum absolute atomic E-state index is 0.0451. The summed E-state index contributed by atoms with van der Waals surface area (Å²) < 4.78 is 79.7. The van der Waals surface area contributed by atoms with E-state index in [1.807, 2.05) is 0 Å². The fraction of sp³-hybridized carbons (Fsp3) is 0.200. The van der Waals surface area contributed by atoms with Crippen LogP contribution >= 0.6 is 0 Å². The van der Waals surface area contributed by atoms with E-state index in [1.165, 1.54) is 33.0 Å². The molecule has 0 radical (unpaired) electrons. The third-order valence-electron chi connectivity index (χ3n) is 6.40. The maximum absolute atomic E-state index is 13.3. The molecule has 0 spiro atoms. The Labute approximate surface area is 209 Å². The van der Waals surface area contributed by atoms with Crippen molar-refractivity contribution in [3.63, 3.8) is 0 Å². The molecule has 0 N–H and O–H groups in total. The van der Waals surface area contributed by atoms with E-state index in [-0.39, 0.29) is 54.7 Å². The standard InChI is InChI=1S/C25H14F6N4O3/c26-24(27,28)14-3-13(4-15(5-14)25(29,30)31)17-2-1-12(8-32-17)16-6-19(34-10-22(34)37)20(35-11-23(35)38)7-18(16)33-9-21(33)36/h1-8H,9-11H2. The van der Waals surface area contributed by atoms with Crippen molar-refractivity contribution in [2.24, 2.45) is 0 Å². The number of anilines is 3. The summed E-state index contributed by atoms with van der Waals surface area (Å²) in [6.07, 6.45) is -8.72. The number of hydrogen-bond donors (Lipinski definition) is 0. The number of carbonyl (C=O) groups is 3. The Morgan fingerprint density at radius 1 is 0.605 bits per heavy atom. The summed E-state index contributed by atoms with van der Waals surface area (Å²) in [4.78, 5) is 44.1. The van der Waals surface area contributed by atoms with E-state index >= 15 is 0 Å². The normalized spacial score (nSPS) is 16.9. The molecule has 3 aliphatic heterocycles. The zero-order valence-corrected chi connectivity index (χ0v) is 19.0. The van der Waals surface area contributed by atoms with E-state index in [2.05, 4.69) is 4.98 Å². The minimum Gasteiger partial charge on any atom is -0.301 e.